The minimum atomic E-state index is -0.109. The number of aryl methyl sites for hydroxylation is 1. The Balaban J connectivity index is 1.82. The van der Waals surface area contributed by atoms with Crippen LogP contribution in [-0.2, 0) is 0 Å². The summed E-state index contributed by atoms with van der Waals surface area (Å²) in [6, 6.07) is 15.0. The lowest BCUT2D eigenvalue weighted by atomic mass is 9.89. The van der Waals surface area contributed by atoms with Crippen LogP contribution in [-0.4, -0.2) is 29.6 Å². The number of likely N-dealkylation sites (tertiary alicyclic amines) is 1. The fourth-order valence-corrected chi connectivity index (χ4v) is 3.76. The van der Waals surface area contributed by atoms with E-state index >= 15 is 0 Å². The molecule has 0 unspecified atom stereocenters. The van der Waals surface area contributed by atoms with Gasteiger partial charge in [-0.25, -0.2) is 0 Å². The number of rotatable bonds is 3. The highest BCUT2D eigenvalue weighted by Gasteiger charge is 2.35. The summed E-state index contributed by atoms with van der Waals surface area (Å²) in [5.74, 6) is -0.167. The molecule has 1 aliphatic heterocycles. The van der Waals surface area contributed by atoms with Crippen molar-refractivity contribution < 1.29 is 9.59 Å². The van der Waals surface area contributed by atoms with Crippen molar-refractivity contribution in [3.63, 3.8) is 0 Å². The Kier molecular flexibility index (Phi) is 4.33. The van der Waals surface area contributed by atoms with Crippen molar-refractivity contribution in [3.05, 3.63) is 76.6 Å². The summed E-state index contributed by atoms with van der Waals surface area (Å²) in [6.07, 6.45) is 3.26. The predicted octanol–water partition coefficient (Wildman–Crippen LogP) is 4.18. The second-order valence-electron chi connectivity index (χ2n) is 6.97. The highest BCUT2D eigenvalue weighted by atomic mass is 16.1. The van der Waals surface area contributed by atoms with Crippen molar-refractivity contribution in [1.82, 2.24) is 4.90 Å². The van der Waals surface area contributed by atoms with Gasteiger partial charge in [-0.15, -0.1) is 0 Å². The Labute approximate surface area is 153 Å². The fraction of sp³-hybridized carbons (Fsp3) is 0.273. The summed E-state index contributed by atoms with van der Waals surface area (Å²) in [4.78, 5) is 28.5. The summed E-state index contributed by atoms with van der Waals surface area (Å²) in [6.45, 7) is 3.64. The first-order valence-electron chi connectivity index (χ1n) is 9.16. The Morgan fingerprint density at radius 1 is 0.846 bits per heavy atom. The molecule has 0 atom stereocenters. The van der Waals surface area contributed by atoms with E-state index in [9.17, 15) is 9.59 Å². The van der Waals surface area contributed by atoms with Crippen molar-refractivity contribution in [1.29, 1.82) is 0 Å². The summed E-state index contributed by atoms with van der Waals surface area (Å²) >= 11 is 0. The molecule has 1 N–H and O–H groups in total. The van der Waals surface area contributed by atoms with Crippen LogP contribution in [0.25, 0.3) is 0 Å². The molecule has 26 heavy (non-hydrogen) atoms. The molecule has 0 spiro atoms. The standard InChI is InChI=1S/C22H22N2O2/c1-15-8-7-9-16(14-15)23-19-20(24-12-5-2-6-13-24)22(26)18-11-4-3-10-17(18)21(19)25/h3-4,7-11,14,23H,2,5-6,12-13H2,1H3. The monoisotopic (exact) mass is 346 g/mol. The zero-order valence-corrected chi connectivity index (χ0v) is 14.9. The number of allylic oxidation sites excluding steroid dienone is 2. The molecule has 0 radical (unpaired) electrons. The Hall–Kier alpha value is -2.88. The van der Waals surface area contributed by atoms with Gasteiger partial charge in [0.25, 0.3) is 0 Å². The maximum Gasteiger partial charge on any atom is 0.212 e. The topological polar surface area (TPSA) is 49.4 Å². The number of hydrogen-bond donors (Lipinski definition) is 1. The molecule has 1 fully saturated rings. The number of hydrogen-bond acceptors (Lipinski definition) is 4. The average Bonchev–Trinajstić information content (AvgIpc) is 2.67. The number of nitrogens with zero attached hydrogens (tertiary/aromatic N) is 1. The third kappa shape index (κ3) is 2.92. The zero-order valence-electron chi connectivity index (χ0n) is 14.9. The summed E-state index contributed by atoms with van der Waals surface area (Å²) in [5.41, 5.74) is 3.84. The lowest BCUT2D eigenvalue weighted by molar-refractivity contribution is 0.0935. The van der Waals surface area contributed by atoms with Crippen LogP contribution in [0.2, 0.25) is 0 Å². The molecule has 0 saturated carbocycles. The second-order valence-corrected chi connectivity index (χ2v) is 6.97. The molecule has 1 aliphatic carbocycles. The van der Waals surface area contributed by atoms with E-state index in [1.54, 1.807) is 18.2 Å². The van der Waals surface area contributed by atoms with E-state index in [-0.39, 0.29) is 11.6 Å². The van der Waals surface area contributed by atoms with E-state index in [0.29, 0.717) is 22.5 Å². The lowest BCUT2D eigenvalue weighted by Crippen LogP contribution is -2.39. The third-order valence-corrected chi connectivity index (χ3v) is 5.05. The highest BCUT2D eigenvalue weighted by Crippen LogP contribution is 2.31. The highest BCUT2D eigenvalue weighted by molar-refractivity contribution is 6.27. The molecule has 1 saturated heterocycles. The summed E-state index contributed by atoms with van der Waals surface area (Å²) in [7, 11) is 0. The van der Waals surface area contributed by atoms with Crippen LogP contribution in [0.15, 0.2) is 59.9 Å². The number of Topliss-reactive ketones (excluding diaryl/α,β-unsaturated/α-hetero) is 2. The van der Waals surface area contributed by atoms with Crippen LogP contribution in [0, 0.1) is 6.92 Å². The molecule has 4 heteroatoms. The first-order valence-corrected chi connectivity index (χ1v) is 9.16. The lowest BCUT2D eigenvalue weighted by Gasteiger charge is -2.34. The molecular weight excluding hydrogens is 324 g/mol. The molecule has 132 valence electrons. The molecule has 2 aromatic rings. The largest absolute Gasteiger partial charge is 0.367 e. The van der Waals surface area contributed by atoms with Crippen molar-refractivity contribution >= 4 is 17.3 Å². The average molecular weight is 346 g/mol. The van der Waals surface area contributed by atoms with E-state index in [4.69, 9.17) is 0 Å². The van der Waals surface area contributed by atoms with Crippen LogP contribution in [0.3, 0.4) is 0 Å². The van der Waals surface area contributed by atoms with Gasteiger partial charge in [0.15, 0.2) is 0 Å². The number of fused-ring (bicyclic) bond motifs is 1. The molecule has 0 bridgehead atoms. The maximum atomic E-state index is 13.2. The number of benzene rings is 2. The van der Waals surface area contributed by atoms with Crippen molar-refractivity contribution in [3.8, 4) is 0 Å². The molecule has 1 heterocycles. The normalized spacial score (nSPS) is 17.3. The Morgan fingerprint density at radius 2 is 1.54 bits per heavy atom. The van der Waals surface area contributed by atoms with Gasteiger partial charge in [-0.3, -0.25) is 9.59 Å². The SMILES string of the molecule is Cc1cccc(NC2=C(N3CCCCC3)C(=O)c3ccccc3C2=O)c1. The van der Waals surface area contributed by atoms with Gasteiger partial charge < -0.3 is 10.2 Å². The van der Waals surface area contributed by atoms with Gasteiger partial charge >= 0.3 is 0 Å². The van der Waals surface area contributed by atoms with Gasteiger partial charge in [0.1, 0.15) is 11.4 Å². The minimum Gasteiger partial charge on any atom is -0.367 e. The second kappa shape index (κ2) is 6.79. The van der Waals surface area contributed by atoms with Gasteiger partial charge in [0.2, 0.25) is 11.6 Å². The van der Waals surface area contributed by atoms with Crippen LogP contribution in [0.1, 0.15) is 45.5 Å². The van der Waals surface area contributed by atoms with Crippen molar-refractivity contribution in [2.45, 2.75) is 26.2 Å². The van der Waals surface area contributed by atoms with Gasteiger partial charge in [-0.1, -0.05) is 36.4 Å². The van der Waals surface area contributed by atoms with E-state index in [1.165, 1.54) is 6.42 Å². The van der Waals surface area contributed by atoms with Crippen molar-refractivity contribution in [2.75, 3.05) is 18.4 Å². The first kappa shape index (κ1) is 16.6. The van der Waals surface area contributed by atoms with E-state index in [0.717, 1.165) is 37.2 Å². The van der Waals surface area contributed by atoms with Gasteiger partial charge in [0, 0.05) is 29.9 Å². The third-order valence-electron chi connectivity index (χ3n) is 5.05. The summed E-state index contributed by atoms with van der Waals surface area (Å²) in [5, 5.41) is 3.26. The molecule has 4 nitrogen and oxygen atoms in total. The molecule has 0 amide bonds. The number of carbonyl (C=O) groups excluding carboxylic acids is 2. The number of piperidine rings is 1. The van der Waals surface area contributed by atoms with Crippen LogP contribution >= 0.6 is 0 Å². The maximum absolute atomic E-state index is 13.2. The quantitative estimate of drug-likeness (QED) is 0.906. The molecular formula is C22H22N2O2. The first-order chi connectivity index (χ1) is 12.6. The number of anilines is 1. The fourth-order valence-electron chi connectivity index (χ4n) is 3.76. The molecule has 0 aromatic heterocycles. The van der Waals surface area contributed by atoms with Gasteiger partial charge in [0.05, 0.1) is 0 Å². The minimum absolute atomic E-state index is 0.0581. The van der Waals surface area contributed by atoms with Crippen LogP contribution < -0.4 is 5.32 Å². The van der Waals surface area contributed by atoms with Gasteiger partial charge in [-0.2, -0.15) is 0 Å². The van der Waals surface area contributed by atoms with E-state index in [1.807, 2.05) is 37.3 Å². The molecule has 2 aliphatic rings. The number of carbonyl (C=O) groups is 2. The molecule has 4 rings (SSSR count). The smallest absolute Gasteiger partial charge is 0.212 e. The van der Waals surface area contributed by atoms with Crippen LogP contribution in [0.4, 0.5) is 5.69 Å². The number of ketones is 2. The Morgan fingerprint density at radius 3 is 2.23 bits per heavy atom. The zero-order chi connectivity index (χ0) is 18.1. The Bertz CT molecular complexity index is 908. The predicted molar refractivity (Wildman–Crippen MR) is 102 cm³/mol. The van der Waals surface area contributed by atoms with Gasteiger partial charge in [-0.05, 0) is 43.9 Å². The molecule has 2 aromatic carbocycles. The van der Waals surface area contributed by atoms with E-state index < -0.39 is 0 Å². The number of nitrogens with one attached hydrogen (secondary N) is 1. The van der Waals surface area contributed by atoms with Crippen LogP contribution in [0.5, 0.6) is 0 Å². The van der Waals surface area contributed by atoms with E-state index in [2.05, 4.69) is 10.2 Å². The van der Waals surface area contributed by atoms with Crippen molar-refractivity contribution in [2.24, 2.45) is 0 Å². The summed E-state index contributed by atoms with van der Waals surface area (Å²) < 4.78 is 0.